The summed E-state index contributed by atoms with van der Waals surface area (Å²) < 4.78 is 31.4. The first-order valence-electron chi connectivity index (χ1n) is 13.9. The fraction of sp³-hybridized carbons (Fsp3) is 0. The zero-order chi connectivity index (χ0) is 29.1. The van der Waals surface area contributed by atoms with Crippen molar-refractivity contribution in [2.45, 2.75) is 9.79 Å². The van der Waals surface area contributed by atoms with Crippen LogP contribution in [-0.4, -0.2) is 17.6 Å². The number of aromatic nitrogens is 2. The zero-order valence-electron chi connectivity index (χ0n) is 22.8. The Hall–Kier alpha value is -5.64. The smallest absolute Gasteiger partial charge is 0.206 e. The Labute approximate surface area is 248 Å². The number of fused-ring (bicyclic) bond motifs is 7. The molecule has 0 aliphatic rings. The van der Waals surface area contributed by atoms with Crippen molar-refractivity contribution in [2.75, 3.05) is 0 Å². The van der Waals surface area contributed by atoms with Gasteiger partial charge in [-0.25, -0.2) is 8.42 Å². The average molecular weight is 574 g/mol. The molecule has 0 atom stereocenters. The number of hydrogen-bond acceptors (Lipinski definition) is 3. The van der Waals surface area contributed by atoms with E-state index in [1.165, 1.54) is 22.9 Å². The Morgan fingerprint density at radius 1 is 0.512 bits per heavy atom. The maximum Gasteiger partial charge on any atom is 0.206 e. The van der Waals surface area contributed by atoms with Crippen molar-refractivity contribution in [2.24, 2.45) is 0 Å². The molecule has 6 aromatic carbocycles. The van der Waals surface area contributed by atoms with E-state index in [9.17, 15) is 13.7 Å². The summed E-state index contributed by atoms with van der Waals surface area (Å²) in [6.07, 6.45) is 0. The molecule has 2 heterocycles. The Balaban J connectivity index is 1.39. The fourth-order valence-electron chi connectivity index (χ4n) is 6.28. The molecular weight excluding hydrogens is 550 g/mol. The van der Waals surface area contributed by atoms with E-state index in [0.29, 0.717) is 5.56 Å². The summed E-state index contributed by atoms with van der Waals surface area (Å²) in [5, 5.41) is 13.9. The van der Waals surface area contributed by atoms with E-state index < -0.39 is 9.84 Å². The third-order valence-electron chi connectivity index (χ3n) is 8.16. The van der Waals surface area contributed by atoms with Crippen LogP contribution < -0.4 is 0 Å². The highest BCUT2D eigenvalue weighted by Crippen LogP contribution is 2.41. The molecule has 0 saturated carbocycles. The molecule has 0 amide bonds. The summed E-state index contributed by atoms with van der Waals surface area (Å²) in [7, 11) is -3.79. The van der Waals surface area contributed by atoms with Gasteiger partial charge < -0.3 is 9.13 Å². The second-order valence-electron chi connectivity index (χ2n) is 10.5. The lowest BCUT2D eigenvalue weighted by molar-refractivity contribution is 0.596. The summed E-state index contributed by atoms with van der Waals surface area (Å²) in [6, 6.07) is 46.7. The Bertz CT molecular complexity index is 2520. The summed E-state index contributed by atoms with van der Waals surface area (Å²) in [5.41, 5.74) is 6.60. The second-order valence-corrected chi connectivity index (χ2v) is 12.5. The van der Waals surface area contributed by atoms with E-state index in [2.05, 4.69) is 88.0 Å². The summed E-state index contributed by atoms with van der Waals surface area (Å²) >= 11 is 0. The predicted molar refractivity (Wildman–Crippen MR) is 172 cm³/mol. The summed E-state index contributed by atoms with van der Waals surface area (Å²) in [5.74, 6) is 0. The van der Waals surface area contributed by atoms with Crippen LogP contribution >= 0.6 is 0 Å². The number of nitrogens with zero attached hydrogens (tertiary/aromatic N) is 3. The number of hydrogen-bond donors (Lipinski definition) is 0. The van der Waals surface area contributed by atoms with E-state index in [1.807, 2.05) is 30.3 Å². The summed E-state index contributed by atoms with van der Waals surface area (Å²) in [6.45, 7) is 0. The lowest BCUT2D eigenvalue weighted by Crippen LogP contribution is -2.03. The van der Waals surface area contributed by atoms with Gasteiger partial charge in [-0.05, 0) is 72.8 Å². The highest BCUT2D eigenvalue weighted by molar-refractivity contribution is 7.91. The molecule has 6 heteroatoms. The zero-order valence-corrected chi connectivity index (χ0v) is 23.7. The Morgan fingerprint density at radius 3 is 1.91 bits per heavy atom. The maximum absolute atomic E-state index is 13.4. The molecule has 2 aromatic heterocycles. The van der Waals surface area contributed by atoms with Gasteiger partial charge in [-0.3, -0.25) is 0 Å². The first-order chi connectivity index (χ1) is 21.1. The molecule has 0 radical (unpaired) electrons. The molecule has 0 saturated heterocycles. The van der Waals surface area contributed by atoms with Gasteiger partial charge in [0, 0.05) is 32.9 Å². The molecule has 43 heavy (non-hydrogen) atoms. The van der Waals surface area contributed by atoms with Crippen molar-refractivity contribution >= 4 is 53.4 Å². The second kappa shape index (κ2) is 9.45. The quantitative estimate of drug-likeness (QED) is 0.212. The molecule has 0 unspecified atom stereocenters. The fourth-order valence-corrected chi connectivity index (χ4v) is 7.58. The van der Waals surface area contributed by atoms with Crippen molar-refractivity contribution in [1.29, 1.82) is 5.26 Å². The molecule has 0 spiro atoms. The van der Waals surface area contributed by atoms with Gasteiger partial charge in [0.05, 0.1) is 43.5 Å². The summed E-state index contributed by atoms with van der Waals surface area (Å²) in [4.78, 5) is 0.283. The molecule has 8 rings (SSSR count). The van der Waals surface area contributed by atoms with Gasteiger partial charge in [-0.2, -0.15) is 5.26 Å². The van der Waals surface area contributed by atoms with E-state index >= 15 is 0 Å². The highest BCUT2D eigenvalue weighted by Gasteiger charge is 2.22. The number of sulfone groups is 1. The SMILES string of the molecule is N#Cc1cccc(S(=O)(=O)c2ccc(-n3c4ccccc4c4c3ccc3c5ccccc5n(-c5ccccc5)c34)cc2)c1. The topological polar surface area (TPSA) is 67.8 Å². The molecule has 0 aliphatic carbocycles. The van der Waals surface area contributed by atoms with Crippen LogP contribution in [0.15, 0.2) is 149 Å². The minimum absolute atomic E-state index is 0.104. The van der Waals surface area contributed by atoms with Crippen LogP contribution in [0.5, 0.6) is 0 Å². The number of benzene rings is 6. The molecule has 0 bridgehead atoms. The van der Waals surface area contributed by atoms with Gasteiger partial charge in [-0.15, -0.1) is 0 Å². The third kappa shape index (κ3) is 3.72. The van der Waals surface area contributed by atoms with Crippen LogP contribution in [-0.2, 0) is 9.84 Å². The van der Waals surface area contributed by atoms with Gasteiger partial charge >= 0.3 is 0 Å². The van der Waals surface area contributed by atoms with Gasteiger partial charge in [0.25, 0.3) is 0 Å². The predicted octanol–water partition coefficient (Wildman–Crippen LogP) is 8.59. The van der Waals surface area contributed by atoms with Crippen LogP contribution in [0.25, 0.3) is 55.0 Å². The molecule has 0 N–H and O–H groups in total. The Morgan fingerprint density at radius 2 is 1.16 bits per heavy atom. The van der Waals surface area contributed by atoms with Crippen LogP contribution in [0.4, 0.5) is 0 Å². The van der Waals surface area contributed by atoms with E-state index in [4.69, 9.17) is 0 Å². The number of nitriles is 1. The van der Waals surface area contributed by atoms with Crippen LogP contribution in [0.1, 0.15) is 5.56 Å². The lowest BCUT2D eigenvalue weighted by Gasteiger charge is -2.11. The van der Waals surface area contributed by atoms with Crippen molar-refractivity contribution in [3.63, 3.8) is 0 Å². The first kappa shape index (κ1) is 25.1. The molecular formula is C37H23N3O2S. The van der Waals surface area contributed by atoms with Crippen molar-refractivity contribution in [3.8, 4) is 17.4 Å². The standard InChI is InChI=1S/C37H23N3O2S/c38-24-25-9-8-12-29(23-25)43(41,42)28-19-17-27(18-20-28)39-34-16-7-5-14-32(34)36-35(39)22-21-31-30-13-4-6-15-33(30)40(37(31)36)26-10-2-1-3-11-26/h1-23H. The van der Waals surface area contributed by atoms with E-state index in [-0.39, 0.29) is 9.79 Å². The molecule has 5 nitrogen and oxygen atoms in total. The lowest BCUT2D eigenvalue weighted by atomic mass is 10.1. The van der Waals surface area contributed by atoms with E-state index in [0.717, 1.165) is 44.2 Å². The Kier molecular flexibility index (Phi) is 5.52. The number of para-hydroxylation sites is 3. The van der Waals surface area contributed by atoms with Gasteiger partial charge in [0.1, 0.15) is 0 Å². The highest BCUT2D eigenvalue weighted by atomic mass is 32.2. The molecule has 204 valence electrons. The minimum atomic E-state index is -3.79. The monoisotopic (exact) mass is 573 g/mol. The largest absolute Gasteiger partial charge is 0.309 e. The van der Waals surface area contributed by atoms with Crippen molar-refractivity contribution < 1.29 is 8.42 Å². The maximum atomic E-state index is 13.4. The van der Waals surface area contributed by atoms with Gasteiger partial charge in [-0.1, -0.05) is 66.7 Å². The third-order valence-corrected chi connectivity index (χ3v) is 9.93. The normalized spacial score (nSPS) is 11.9. The average Bonchev–Trinajstić information content (AvgIpc) is 3.58. The molecule has 0 aliphatic heterocycles. The van der Waals surface area contributed by atoms with Crippen molar-refractivity contribution in [1.82, 2.24) is 9.13 Å². The molecule has 8 aromatic rings. The van der Waals surface area contributed by atoms with Crippen LogP contribution in [0.2, 0.25) is 0 Å². The van der Waals surface area contributed by atoms with Crippen molar-refractivity contribution in [3.05, 3.63) is 145 Å². The van der Waals surface area contributed by atoms with Gasteiger partial charge in [0.2, 0.25) is 9.84 Å². The minimum Gasteiger partial charge on any atom is -0.309 e. The van der Waals surface area contributed by atoms with Crippen LogP contribution in [0.3, 0.4) is 0 Å². The first-order valence-corrected chi connectivity index (χ1v) is 15.4. The van der Waals surface area contributed by atoms with Crippen LogP contribution in [0, 0.1) is 11.3 Å². The number of rotatable bonds is 4. The van der Waals surface area contributed by atoms with Gasteiger partial charge in [0.15, 0.2) is 0 Å². The van der Waals surface area contributed by atoms with E-state index in [1.54, 1.807) is 24.3 Å². The molecule has 0 fully saturated rings.